The van der Waals surface area contributed by atoms with Gasteiger partial charge in [0.25, 0.3) is 5.91 Å². The molecule has 4 nitrogen and oxygen atoms in total. The minimum absolute atomic E-state index is 0.124. The van der Waals surface area contributed by atoms with E-state index in [2.05, 4.69) is 0 Å². The topological polar surface area (TPSA) is 60.8 Å². The lowest BCUT2D eigenvalue weighted by Gasteiger charge is -2.38. The quantitative estimate of drug-likeness (QED) is 0.782. The van der Waals surface area contributed by atoms with Gasteiger partial charge in [-0.2, -0.15) is 0 Å². The summed E-state index contributed by atoms with van der Waals surface area (Å²) in [7, 11) is 0. The number of rotatable bonds is 2. The van der Waals surface area contributed by atoms with Crippen molar-refractivity contribution in [2.45, 2.75) is 70.1 Å². The second-order valence-electron chi connectivity index (χ2n) is 6.28. The number of carbonyl (C=O) groups excluding carboxylic acids is 1. The summed E-state index contributed by atoms with van der Waals surface area (Å²) < 4.78 is 0. The van der Waals surface area contributed by atoms with Crippen molar-refractivity contribution >= 4 is 5.91 Å². The van der Waals surface area contributed by atoms with Crippen molar-refractivity contribution in [1.29, 1.82) is 0 Å². The summed E-state index contributed by atoms with van der Waals surface area (Å²) in [5.41, 5.74) is -1.30. The number of amides is 1. The summed E-state index contributed by atoms with van der Waals surface area (Å²) >= 11 is 0. The first-order valence-corrected chi connectivity index (χ1v) is 7.13. The van der Waals surface area contributed by atoms with Gasteiger partial charge in [0.15, 0.2) is 0 Å². The van der Waals surface area contributed by atoms with E-state index in [1.165, 1.54) is 0 Å². The van der Waals surface area contributed by atoms with E-state index in [0.29, 0.717) is 0 Å². The van der Waals surface area contributed by atoms with Gasteiger partial charge in [0, 0.05) is 18.5 Å². The Kier molecular flexibility index (Phi) is 3.97. The molecule has 104 valence electrons. The highest BCUT2D eigenvalue weighted by Crippen LogP contribution is 2.35. The molecule has 1 aliphatic carbocycles. The van der Waals surface area contributed by atoms with Crippen molar-refractivity contribution < 1.29 is 15.0 Å². The molecule has 1 heterocycles. The van der Waals surface area contributed by atoms with Crippen LogP contribution in [0, 0.1) is 5.92 Å². The Morgan fingerprint density at radius 3 is 2.44 bits per heavy atom. The molecule has 1 saturated heterocycles. The summed E-state index contributed by atoms with van der Waals surface area (Å²) in [6.45, 7) is 3.81. The Labute approximate surface area is 109 Å². The van der Waals surface area contributed by atoms with E-state index in [0.717, 1.165) is 45.1 Å². The molecule has 0 aromatic rings. The van der Waals surface area contributed by atoms with Crippen molar-refractivity contribution in [2.24, 2.45) is 5.92 Å². The number of hydrogen-bond acceptors (Lipinski definition) is 3. The van der Waals surface area contributed by atoms with E-state index in [9.17, 15) is 15.0 Å². The van der Waals surface area contributed by atoms with Crippen LogP contribution in [-0.2, 0) is 4.79 Å². The smallest absolute Gasteiger partial charge is 0.254 e. The molecule has 2 fully saturated rings. The predicted octanol–water partition coefficient (Wildman–Crippen LogP) is 1.30. The first kappa shape index (κ1) is 13.8. The van der Waals surface area contributed by atoms with Gasteiger partial charge < -0.3 is 15.1 Å². The largest absolute Gasteiger partial charge is 0.393 e. The molecule has 2 aliphatic rings. The SMILES string of the molecule is CC(C)(O)C(=O)N1CCC[C@@H]1[C@H]1CCCC[C@@H]1O. The summed E-state index contributed by atoms with van der Waals surface area (Å²) in [4.78, 5) is 14.0. The van der Waals surface area contributed by atoms with E-state index < -0.39 is 5.60 Å². The summed E-state index contributed by atoms with van der Waals surface area (Å²) in [6.07, 6.45) is 5.75. The van der Waals surface area contributed by atoms with E-state index in [1.807, 2.05) is 0 Å². The minimum Gasteiger partial charge on any atom is -0.393 e. The lowest BCUT2D eigenvalue weighted by atomic mass is 9.80. The van der Waals surface area contributed by atoms with Crippen molar-refractivity contribution in [1.82, 2.24) is 4.90 Å². The Morgan fingerprint density at radius 2 is 1.83 bits per heavy atom. The van der Waals surface area contributed by atoms with Crippen molar-refractivity contribution in [3.8, 4) is 0 Å². The Bertz CT molecular complexity index is 311. The zero-order chi connectivity index (χ0) is 13.3. The van der Waals surface area contributed by atoms with E-state index >= 15 is 0 Å². The van der Waals surface area contributed by atoms with Gasteiger partial charge in [-0.25, -0.2) is 0 Å². The van der Waals surface area contributed by atoms with Crippen LogP contribution in [0.2, 0.25) is 0 Å². The maximum atomic E-state index is 12.2. The molecule has 2 rings (SSSR count). The van der Waals surface area contributed by atoms with Crippen LogP contribution < -0.4 is 0 Å². The van der Waals surface area contributed by atoms with Crippen LogP contribution in [0.3, 0.4) is 0 Å². The number of nitrogens with zero attached hydrogens (tertiary/aromatic N) is 1. The fourth-order valence-corrected chi connectivity index (χ4v) is 3.43. The van der Waals surface area contributed by atoms with Crippen LogP contribution in [0.4, 0.5) is 0 Å². The third-order valence-corrected chi connectivity index (χ3v) is 4.36. The van der Waals surface area contributed by atoms with Gasteiger partial charge >= 0.3 is 0 Å². The third-order valence-electron chi connectivity index (χ3n) is 4.36. The van der Waals surface area contributed by atoms with Gasteiger partial charge in [-0.3, -0.25) is 4.79 Å². The lowest BCUT2D eigenvalue weighted by Crippen LogP contribution is -2.51. The van der Waals surface area contributed by atoms with Gasteiger partial charge in [-0.05, 0) is 39.5 Å². The van der Waals surface area contributed by atoms with Gasteiger partial charge in [0.1, 0.15) is 5.60 Å². The Hall–Kier alpha value is -0.610. The minimum atomic E-state index is -1.30. The van der Waals surface area contributed by atoms with Crippen molar-refractivity contribution in [3.05, 3.63) is 0 Å². The highest BCUT2D eigenvalue weighted by Gasteiger charge is 2.42. The lowest BCUT2D eigenvalue weighted by molar-refractivity contribution is -0.151. The molecule has 4 heteroatoms. The number of hydrogen-bond donors (Lipinski definition) is 2. The van der Waals surface area contributed by atoms with Crippen molar-refractivity contribution in [2.75, 3.05) is 6.54 Å². The number of aliphatic hydroxyl groups is 2. The molecule has 1 aliphatic heterocycles. The fraction of sp³-hybridized carbons (Fsp3) is 0.929. The standard InChI is InChI=1S/C14H25NO3/c1-14(2,18)13(17)15-9-5-7-11(15)10-6-3-4-8-12(10)16/h10-12,16,18H,3-9H2,1-2H3/t10-,11-,12+/m1/s1. The second kappa shape index (κ2) is 5.17. The molecular weight excluding hydrogens is 230 g/mol. The first-order chi connectivity index (χ1) is 8.41. The molecule has 0 spiro atoms. The van der Waals surface area contributed by atoms with Gasteiger partial charge in [0.05, 0.1) is 6.10 Å². The van der Waals surface area contributed by atoms with E-state index in [-0.39, 0.29) is 24.0 Å². The highest BCUT2D eigenvalue weighted by molar-refractivity contribution is 5.84. The fourth-order valence-electron chi connectivity index (χ4n) is 3.43. The average Bonchev–Trinajstić information content (AvgIpc) is 2.76. The maximum absolute atomic E-state index is 12.2. The zero-order valence-corrected chi connectivity index (χ0v) is 11.4. The molecular formula is C14H25NO3. The van der Waals surface area contributed by atoms with Crippen LogP contribution in [0.15, 0.2) is 0 Å². The zero-order valence-electron chi connectivity index (χ0n) is 11.4. The van der Waals surface area contributed by atoms with Crippen LogP contribution in [0.5, 0.6) is 0 Å². The van der Waals surface area contributed by atoms with Crippen LogP contribution in [0.1, 0.15) is 52.4 Å². The molecule has 1 saturated carbocycles. The highest BCUT2D eigenvalue weighted by atomic mass is 16.3. The molecule has 1 amide bonds. The predicted molar refractivity (Wildman–Crippen MR) is 69.0 cm³/mol. The Balaban J connectivity index is 2.09. The van der Waals surface area contributed by atoms with Gasteiger partial charge in [-0.1, -0.05) is 12.8 Å². The normalized spacial score (nSPS) is 33.8. The Morgan fingerprint density at radius 1 is 1.17 bits per heavy atom. The third kappa shape index (κ3) is 2.69. The number of likely N-dealkylation sites (tertiary alicyclic amines) is 1. The summed E-state index contributed by atoms with van der Waals surface area (Å²) in [6, 6.07) is 0.124. The van der Waals surface area contributed by atoms with Gasteiger partial charge in [0.2, 0.25) is 0 Å². The second-order valence-corrected chi connectivity index (χ2v) is 6.28. The first-order valence-electron chi connectivity index (χ1n) is 7.13. The maximum Gasteiger partial charge on any atom is 0.254 e. The molecule has 18 heavy (non-hydrogen) atoms. The monoisotopic (exact) mass is 255 g/mol. The van der Waals surface area contributed by atoms with Crippen LogP contribution >= 0.6 is 0 Å². The van der Waals surface area contributed by atoms with Crippen LogP contribution in [0.25, 0.3) is 0 Å². The van der Waals surface area contributed by atoms with E-state index in [1.54, 1.807) is 18.7 Å². The molecule has 0 unspecified atom stereocenters. The number of aliphatic hydroxyl groups excluding tert-OH is 1. The van der Waals surface area contributed by atoms with Crippen LogP contribution in [-0.4, -0.2) is 45.3 Å². The molecule has 0 aromatic heterocycles. The van der Waals surface area contributed by atoms with Gasteiger partial charge in [-0.15, -0.1) is 0 Å². The molecule has 0 bridgehead atoms. The van der Waals surface area contributed by atoms with Crippen molar-refractivity contribution in [3.63, 3.8) is 0 Å². The average molecular weight is 255 g/mol. The molecule has 0 aromatic carbocycles. The summed E-state index contributed by atoms with van der Waals surface area (Å²) in [5.74, 6) is 0.00956. The summed E-state index contributed by atoms with van der Waals surface area (Å²) in [5, 5.41) is 20.0. The number of carbonyl (C=O) groups is 1. The molecule has 0 radical (unpaired) electrons. The molecule has 3 atom stereocenters. The van der Waals surface area contributed by atoms with E-state index in [4.69, 9.17) is 0 Å². The molecule has 2 N–H and O–H groups in total.